The number of aromatic nitrogens is 1. The Balaban J connectivity index is 1.96. The van der Waals surface area contributed by atoms with E-state index in [1.54, 1.807) is 12.3 Å². The van der Waals surface area contributed by atoms with Crippen molar-refractivity contribution in [3.63, 3.8) is 0 Å². The van der Waals surface area contributed by atoms with Crippen LogP contribution in [0.4, 0.5) is 0 Å². The second kappa shape index (κ2) is 5.75. The summed E-state index contributed by atoms with van der Waals surface area (Å²) in [6, 6.07) is 5.47. The van der Waals surface area contributed by atoms with Gasteiger partial charge >= 0.3 is 5.97 Å². The monoisotopic (exact) mass is 275 g/mol. The minimum Gasteiger partial charge on any atom is -0.457 e. The second-order valence-electron chi connectivity index (χ2n) is 6.13. The lowest BCUT2D eigenvalue weighted by Gasteiger charge is -2.21. The van der Waals surface area contributed by atoms with Gasteiger partial charge in [0, 0.05) is 11.8 Å². The summed E-state index contributed by atoms with van der Waals surface area (Å²) >= 11 is 0. The highest BCUT2D eigenvalue weighted by Gasteiger charge is 2.31. The van der Waals surface area contributed by atoms with E-state index in [1.165, 1.54) is 0 Å². The maximum atomic E-state index is 12.0. The molecule has 0 aliphatic heterocycles. The summed E-state index contributed by atoms with van der Waals surface area (Å²) in [4.78, 5) is 16.1. The third kappa shape index (κ3) is 3.67. The Morgan fingerprint density at radius 3 is 2.80 bits per heavy atom. The Labute approximate surface area is 119 Å². The Morgan fingerprint density at radius 2 is 2.20 bits per heavy atom. The van der Waals surface area contributed by atoms with Crippen LogP contribution in [0.5, 0.6) is 0 Å². The molecule has 1 aliphatic rings. The molecule has 2 unspecified atom stereocenters. The van der Waals surface area contributed by atoms with Crippen LogP contribution in [0.1, 0.15) is 45.4 Å². The van der Waals surface area contributed by atoms with Crippen molar-refractivity contribution in [2.75, 3.05) is 0 Å². The van der Waals surface area contributed by atoms with Gasteiger partial charge in [0.15, 0.2) is 0 Å². The number of rotatable bonds is 3. The van der Waals surface area contributed by atoms with Crippen LogP contribution in [0.25, 0.3) is 0 Å². The fraction of sp³-hybridized carbons (Fsp3) is 0.500. The molecule has 2 atom stereocenters. The number of carbonyl (C=O) groups excluding carboxylic acids is 1. The van der Waals surface area contributed by atoms with E-state index in [-0.39, 0.29) is 11.9 Å². The highest BCUT2D eigenvalue weighted by molar-refractivity contribution is 5.89. The molecular formula is C16H21NO3. The highest BCUT2D eigenvalue weighted by atomic mass is 16.6. The molecule has 1 N–H and O–H groups in total. The number of pyridine rings is 1. The summed E-state index contributed by atoms with van der Waals surface area (Å²) < 4.78 is 5.35. The van der Waals surface area contributed by atoms with Crippen molar-refractivity contribution in [3.8, 4) is 0 Å². The van der Waals surface area contributed by atoms with Crippen molar-refractivity contribution >= 4 is 5.97 Å². The number of aliphatic hydroxyl groups excluding tert-OH is 1. The van der Waals surface area contributed by atoms with E-state index in [9.17, 15) is 9.90 Å². The number of hydrogen-bond acceptors (Lipinski definition) is 4. The van der Waals surface area contributed by atoms with Crippen LogP contribution >= 0.6 is 0 Å². The third-order valence-electron chi connectivity index (χ3n) is 3.25. The average Bonchev–Trinajstić information content (AvgIpc) is 2.86. The summed E-state index contributed by atoms with van der Waals surface area (Å²) in [7, 11) is 0. The second-order valence-corrected chi connectivity index (χ2v) is 6.13. The molecule has 0 saturated carbocycles. The number of ether oxygens (including phenoxy) is 1. The van der Waals surface area contributed by atoms with E-state index < -0.39 is 11.7 Å². The van der Waals surface area contributed by atoms with Crippen molar-refractivity contribution < 1.29 is 14.6 Å². The van der Waals surface area contributed by atoms with Gasteiger partial charge in [-0.15, -0.1) is 0 Å². The SMILES string of the molecule is CC(C)(C)OC(=O)C1=CCC(C(O)c2ccccn2)C1. The molecule has 1 aromatic heterocycles. The van der Waals surface area contributed by atoms with Crippen LogP contribution in [0.3, 0.4) is 0 Å². The van der Waals surface area contributed by atoms with Gasteiger partial charge in [-0.3, -0.25) is 4.98 Å². The smallest absolute Gasteiger partial charge is 0.334 e. The maximum Gasteiger partial charge on any atom is 0.334 e. The predicted molar refractivity (Wildman–Crippen MR) is 75.8 cm³/mol. The van der Waals surface area contributed by atoms with E-state index in [2.05, 4.69) is 4.98 Å². The van der Waals surface area contributed by atoms with Gasteiger partial charge in [0.2, 0.25) is 0 Å². The lowest BCUT2D eigenvalue weighted by Crippen LogP contribution is -2.25. The zero-order valence-corrected chi connectivity index (χ0v) is 12.2. The third-order valence-corrected chi connectivity index (χ3v) is 3.25. The molecule has 4 heteroatoms. The van der Waals surface area contributed by atoms with E-state index in [0.717, 1.165) is 0 Å². The molecule has 0 bridgehead atoms. The van der Waals surface area contributed by atoms with Gasteiger partial charge in [-0.25, -0.2) is 4.79 Å². The van der Waals surface area contributed by atoms with Gasteiger partial charge in [0.05, 0.1) is 11.8 Å². The first kappa shape index (κ1) is 14.7. The first-order valence-corrected chi connectivity index (χ1v) is 6.88. The Kier molecular flexibility index (Phi) is 4.23. The van der Waals surface area contributed by atoms with Crippen LogP contribution in [0.2, 0.25) is 0 Å². The predicted octanol–water partition coefficient (Wildman–Crippen LogP) is 2.79. The largest absolute Gasteiger partial charge is 0.457 e. The summed E-state index contributed by atoms with van der Waals surface area (Å²) in [5.41, 5.74) is 0.812. The Morgan fingerprint density at radius 1 is 1.45 bits per heavy atom. The molecule has 0 amide bonds. The number of nitrogens with zero attached hydrogens (tertiary/aromatic N) is 1. The van der Waals surface area contributed by atoms with Crippen molar-refractivity contribution in [2.45, 2.75) is 45.3 Å². The molecule has 1 aromatic rings. The summed E-state index contributed by atoms with van der Waals surface area (Å²) in [5.74, 6) is -0.291. The lowest BCUT2D eigenvalue weighted by atomic mass is 9.95. The van der Waals surface area contributed by atoms with Gasteiger partial charge in [0.1, 0.15) is 5.60 Å². The van der Waals surface area contributed by atoms with Gasteiger partial charge in [0.25, 0.3) is 0 Å². The number of carbonyl (C=O) groups is 1. The molecule has 0 fully saturated rings. The van der Waals surface area contributed by atoms with Crippen molar-refractivity contribution in [1.29, 1.82) is 0 Å². The van der Waals surface area contributed by atoms with Gasteiger partial charge in [-0.05, 0) is 51.7 Å². The van der Waals surface area contributed by atoms with Crippen molar-refractivity contribution in [2.24, 2.45) is 5.92 Å². The molecule has 0 saturated heterocycles. The minimum atomic E-state index is -0.646. The topological polar surface area (TPSA) is 59.4 Å². The molecule has 1 aliphatic carbocycles. The molecule has 2 rings (SSSR count). The first-order valence-electron chi connectivity index (χ1n) is 6.88. The van der Waals surface area contributed by atoms with Crippen molar-refractivity contribution in [3.05, 3.63) is 41.7 Å². The molecule has 108 valence electrons. The van der Waals surface area contributed by atoms with E-state index >= 15 is 0 Å². The molecule has 0 aromatic carbocycles. The zero-order chi connectivity index (χ0) is 14.8. The van der Waals surface area contributed by atoms with Crippen LogP contribution in [-0.4, -0.2) is 21.7 Å². The maximum absolute atomic E-state index is 12.0. The summed E-state index contributed by atoms with van der Waals surface area (Å²) in [6.45, 7) is 5.54. The van der Waals surface area contributed by atoms with Crippen LogP contribution < -0.4 is 0 Å². The molecule has 1 heterocycles. The fourth-order valence-electron chi connectivity index (χ4n) is 2.29. The molecule has 4 nitrogen and oxygen atoms in total. The molecule has 20 heavy (non-hydrogen) atoms. The molecular weight excluding hydrogens is 254 g/mol. The normalized spacial score (nSPS) is 20.4. The van der Waals surface area contributed by atoms with E-state index in [4.69, 9.17) is 4.74 Å². The number of hydrogen-bond donors (Lipinski definition) is 1. The first-order chi connectivity index (χ1) is 9.37. The van der Waals surface area contributed by atoms with Gasteiger partial charge in [-0.2, -0.15) is 0 Å². The number of aliphatic hydroxyl groups is 1. The summed E-state index contributed by atoms with van der Waals surface area (Å²) in [6.07, 6.45) is 4.09. The van der Waals surface area contributed by atoms with Gasteiger partial charge in [-0.1, -0.05) is 12.1 Å². The van der Waals surface area contributed by atoms with Crippen LogP contribution in [0, 0.1) is 5.92 Å². The quantitative estimate of drug-likeness (QED) is 0.862. The van der Waals surface area contributed by atoms with Crippen LogP contribution in [-0.2, 0) is 9.53 Å². The van der Waals surface area contributed by atoms with Crippen LogP contribution in [0.15, 0.2) is 36.0 Å². The number of allylic oxidation sites excluding steroid dienone is 1. The van der Waals surface area contributed by atoms with Gasteiger partial charge < -0.3 is 9.84 Å². The minimum absolute atomic E-state index is 0.00702. The molecule has 0 radical (unpaired) electrons. The molecule has 0 spiro atoms. The Bertz CT molecular complexity index is 502. The fourth-order valence-corrected chi connectivity index (χ4v) is 2.29. The lowest BCUT2D eigenvalue weighted by molar-refractivity contribution is -0.150. The highest BCUT2D eigenvalue weighted by Crippen LogP contribution is 2.35. The standard InChI is InChI=1S/C16H21NO3/c1-16(2,3)20-15(19)12-8-7-11(10-12)14(18)13-6-4-5-9-17-13/h4-6,8-9,11,14,18H,7,10H2,1-3H3. The average molecular weight is 275 g/mol. The summed E-state index contributed by atoms with van der Waals surface area (Å²) in [5, 5.41) is 10.3. The van der Waals surface area contributed by atoms with E-state index in [0.29, 0.717) is 24.1 Å². The number of esters is 1. The zero-order valence-electron chi connectivity index (χ0n) is 12.2. The van der Waals surface area contributed by atoms with E-state index in [1.807, 2.05) is 39.0 Å². The van der Waals surface area contributed by atoms with Crippen molar-refractivity contribution in [1.82, 2.24) is 4.98 Å². The Hall–Kier alpha value is -1.68.